The molecule has 0 aliphatic carbocycles. The molecule has 1 amide bonds. The highest BCUT2D eigenvalue weighted by molar-refractivity contribution is 5.84. The molecule has 0 aromatic heterocycles. The Kier molecular flexibility index (Phi) is 3.59. The van der Waals surface area contributed by atoms with E-state index in [1.165, 1.54) is 6.07 Å². The second kappa shape index (κ2) is 4.57. The van der Waals surface area contributed by atoms with Crippen LogP contribution in [-0.2, 0) is 11.3 Å². The molecule has 1 rings (SSSR count). The second-order valence-corrected chi connectivity index (χ2v) is 4.15. The molecule has 0 bridgehead atoms. The average Bonchev–Trinajstić information content (AvgIpc) is 2.18. The van der Waals surface area contributed by atoms with Crippen LogP contribution in [0.4, 0.5) is 8.78 Å². The lowest BCUT2D eigenvalue weighted by molar-refractivity contribution is -0.125. The van der Waals surface area contributed by atoms with Crippen LogP contribution in [0.25, 0.3) is 0 Å². The van der Waals surface area contributed by atoms with Crippen molar-refractivity contribution in [3.05, 3.63) is 35.4 Å². The molecule has 0 spiro atoms. The van der Waals surface area contributed by atoms with Crippen LogP contribution in [0, 0.1) is 11.6 Å². The van der Waals surface area contributed by atoms with Gasteiger partial charge < -0.3 is 11.1 Å². The van der Waals surface area contributed by atoms with Crippen LogP contribution in [0.5, 0.6) is 0 Å². The number of carbonyl (C=O) groups excluding carboxylic acids is 1. The van der Waals surface area contributed by atoms with Crippen molar-refractivity contribution in [3.63, 3.8) is 0 Å². The Morgan fingerprint density at radius 2 is 2.00 bits per heavy atom. The van der Waals surface area contributed by atoms with Gasteiger partial charge in [-0.25, -0.2) is 8.78 Å². The number of benzene rings is 1. The van der Waals surface area contributed by atoms with Crippen LogP contribution in [0.2, 0.25) is 0 Å². The van der Waals surface area contributed by atoms with Crippen LogP contribution < -0.4 is 11.1 Å². The minimum atomic E-state index is -0.988. The SMILES string of the molecule is CC(C)(N)C(=O)NCc1ccc(F)c(F)c1. The first-order chi connectivity index (χ1) is 7.30. The maximum Gasteiger partial charge on any atom is 0.239 e. The quantitative estimate of drug-likeness (QED) is 0.819. The number of hydrogen-bond acceptors (Lipinski definition) is 2. The monoisotopic (exact) mass is 228 g/mol. The van der Waals surface area contributed by atoms with Crippen LogP contribution in [0.15, 0.2) is 18.2 Å². The van der Waals surface area contributed by atoms with Gasteiger partial charge in [0.15, 0.2) is 11.6 Å². The van der Waals surface area contributed by atoms with E-state index in [9.17, 15) is 13.6 Å². The number of amides is 1. The molecule has 1 aromatic carbocycles. The first kappa shape index (κ1) is 12.6. The largest absolute Gasteiger partial charge is 0.350 e. The minimum absolute atomic E-state index is 0.122. The summed E-state index contributed by atoms with van der Waals surface area (Å²) >= 11 is 0. The van der Waals surface area contributed by atoms with Crippen molar-refractivity contribution < 1.29 is 13.6 Å². The second-order valence-electron chi connectivity index (χ2n) is 4.15. The van der Waals surface area contributed by atoms with Crippen molar-refractivity contribution in [2.45, 2.75) is 25.9 Å². The highest BCUT2D eigenvalue weighted by atomic mass is 19.2. The molecule has 0 saturated heterocycles. The van der Waals surface area contributed by atoms with E-state index in [-0.39, 0.29) is 12.5 Å². The summed E-state index contributed by atoms with van der Waals surface area (Å²) in [6.07, 6.45) is 0. The van der Waals surface area contributed by atoms with Crippen molar-refractivity contribution in [1.29, 1.82) is 0 Å². The molecule has 3 N–H and O–H groups in total. The molecule has 0 heterocycles. The Morgan fingerprint density at radius 1 is 1.38 bits per heavy atom. The van der Waals surface area contributed by atoms with E-state index >= 15 is 0 Å². The number of carbonyl (C=O) groups is 1. The van der Waals surface area contributed by atoms with Gasteiger partial charge >= 0.3 is 0 Å². The summed E-state index contributed by atoms with van der Waals surface area (Å²) in [7, 11) is 0. The van der Waals surface area contributed by atoms with Gasteiger partial charge in [0, 0.05) is 6.54 Å². The number of nitrogens with two attached hydrogens (primary N) is 1. The molecule has 88 valence electrons. The molecule has 5 heteroatoms. The van der Waals surface area contributed by atoms with Gasteiger partial charge in [-0.2, -0.15) is 0 Å². The highest BCUT2D eigenvalue weighted by Gasteiger charge is 2.21. The topological polar surface area (TPSA) is 55.1 Å². The van der Waals surface area contributed by atoms with Crippen molar-refractivity contribution >= 4 is 5.91 Å². The normalized spacial score (nSPS) is 11.3. The fraction of sp³-hybridized carbons (Fsp3) is 0.364. The Hall–Kier alpha value is -1.49. The first-order valence-corrected chi connectivity index (χ1v) is 4.82. The first-order valence-electron chi connectivity index (χ1n) is 4.82. The Balaban J connectivity index is 2.62. The molecule has 0 unspecified atom stereocenters. The lowest BCUT2D eigenvalue weighted by Crippen LogP contribution is -2.48. The molecule has 0 fully saturated rings. The van der Waals surface area contributed by atoms with E-state index in [4.69, 9.17) is 5.73 Å². The van der Waals surface area contributed by atoms with E-state index in [1.54, 1.807) is 13.8 Å². The third kappa shape index (κ3) is 3.27. The number of rotatable bonds is 3. The molecular formula is C11H14F2N2O. The third-order valence-corrected chi connectivity index (χ3v) is 2.02. The predicted molar refractivity (Wildman–Crippen MR) is 56.5 cm³/mol. The fourth-order valence-corrected chi connectivity index (χ4v) is 1.06. The van der Waals surface area contributed by atoms with Crippen LogP contribution in [-0.4, -0.2) is 11.4 Å². The van der Waals surface area contributed by atoms with E-state index in [0.717, 1.165) is 12.1 Å². The Morgan fingerprint density at radius 3 is 2.50 bits per heavy atom. The zero-order chi connectivity index (χ0) is 12.3. The van der Waals surface area contributed by atoms with E-state index in [0.29, 0.717) is 5.56 Å². The maximum atomic E-state index is 12.8. The van der Waals surface area contributed by atoms with Crippen molar-refractivity contribution in [3.8, 4) is 0 Å². The summed E-state index contributed by atoms with van der Waals surface area (Å²) in [6.45, 7) is 3.25. The smallest absolute Gasteiger partial charge is 0.239 e. The van der Waals surface area contributed by atoms with Crippen LogP contribution >= 0.6 is 0 Å². The zero-order valence-corrected chi connectivity index (χ0v) is 9.18. The van der Waals surface area contributed by atoms with Gasteiger partial charge in [0.25, 0.3) is 0 Å². The summed E-state index contributed by atoms with van der Waals surface area (Å²) in [5, 5.41) is 2.53. The molecule has 0 radical (unpaired) electrons. The zero-order valence-electron chi connectivity index (χ0n) is 9.18. The molecule has 1 aromatic rings. The summed E-state index contributed by atoms with van der Waals surface area (Å²) < 4.78 is 25.4. The minimum Gasteiger partial charge on any atom is -0.350 e. The van der Waals surface area contributed by atoms with E-state index in [1.807, 2.05) is 0 Å². The van der Waals surface area contributed by atoms with Gasteiger partial charge in [-0.05, 0) is 31.5 Å². The van der Waals surface area contributed by atoms with E-state index < -0.39 is 17.2 Å². The van der Waals surface area contributed by atoms with Gasteiger partial charge in [0.05, 0.1) is 5.54 Å². The number of hydrogen-bond donors (Lipinski definition) is 2. The van der Waals surface area contributed by atoms with Gasteiger partial charge in [-0.3, -0.25) is 4.79 Å². The van der Waals surface area contributed by atoms with Crippen LogP contribution in [0.3, 0.4) is 0 Å². The van der Waals surface area contributed by atoms with Gasteiger partial charge in [0.1, 0.15) is 0 Å². The molecule has 0 aliphatic heterocycles. The molecule has 0 atom stereocenters. The summed E-state index contributed by atoms with van der Waals surface area (Å²) in [5.74, 6) is -2.19. The lowest BCUT2D eigenvalue weighted by atomic mass is 10.1. The summed E-state index contributed by atoms with van der Waals surface area (Å²) in [5.41, 5.74) is 5.05. The molecule has 0 aliphatic rings. The Bertz CT molecular complexity index is 399. The molecule has 3 nitrogen and oxygen atoms in total. The highest BCUT2D eigenvalue weighted by Crippen LogP contribution is 2.08. The molecular weight excluding hydrogens is 214 g/mol. The lowest BCUT2D eigenvalue weighted by Gasteiger charge is -2.17. The summed E-state index contributed by atoms with van der Waals surface area (Å²) in [4.78, 5) is 11.4. The van der Waals surface area contributed by atoms with Gasteiger partial charge in [-0.15, -0.1) is 0 Å². The summed E-state index contributed by atoms with van der Waals surface area (Å²) in [6, 6.07) is 3.46. The van der Waals surface area contributed by atoms with E-state index in [2.05, 4.69) is 5.32 Å². The van der Waals surface area contributed by atoms with Gasteiger partial charge in [-0.1, -0.05) is 6.07 Å². The van der Waals surface area contributed by atoms with Gasteiger partial charge in [0.2, 0.25) is 5.91 Å². The fourth-order valence-electron chi connectivity index (χ4n) is 1.06. The predicted octanol–water partition coefficient (Wildman–Crippen LogP) is 1.32. The third-order valence-electron chi connectivity index (χ3n) is 2.02. The van der Waals surface area contributed by atoms with Crippen molar-refractivity contribution in [1.82, 2.24) is 5.32 Å². The Labute approximate surface area is 92.6 Å². The standard InChI is InChI=1S/C11H14F2N2O/c1-11(2,14)10(16)15-6-7-3-4-8(12)9(13)5-7/h3-5H,6,14H2,1-2H3,(H,15,16). The van der Waals surface area contributed by atoms with Crippen LogP contribution in [0.1, 0.15) is 19.4 Å². The number of halogens is 2. The molecule has 16 heavy (non-hydrogen) atoms. The molecule has 0 saturated carbocycles. The number of nitrogens with one attached hydrogen (secondary N) is 1. The van der Waals surface area contributed by atoms with Crippen molar-refractivity contribution in [2.24, 2.45) is 5.73 Å². The maximum absolute atomic E-state index is 12.8. The average molecular weight is 228 g/mol. The van der Waals surface area contributed by atoms with Crippen molar-refractivity contribution in [2.75, 3.05) is 0 Å².